The predicted molar refractivity (Wildman–Crippen MR) is 86.8 cm³/mol. The van der Waals surface area contributed by atoms with Crippen LogP contribution < -0.4 is 9.47 Å². The monoisotopic (exact) mass is 317 g/mol. The molecular formula is C17H23N3O3. The summed E-state index contributed by atoms with van der Waals surface area (Å²) < 4.78 is 12.5. The SMILES string of the molecule is COc1cc2c(cc1OC)CN(CC(O)Cn1cccn1)CC2. The van der Waals surface area contributed by atoms with Crippen LogP contribution >= 0.6 is 0 Å². The first-order valence-electron chi connectivity index (χ1n) is 7.81. The van der Waals surface area contributed by atoms with Gasteiger partial charge in [-0.05, 0) is 35.7 Å². The van der Waals surface area contributed by atoms with Gasteiger partial charge < -0.3 is 14.6 Å². The molecule has 1 atom stereocenters. The van der Waals surface area contributed by atoms with Gasteiger partial charge in [-0.3, -0.25) is 9.58 Å². The Labute approximate surface area is 136 Å². The zero-order valence-electron chi connectivity index (χ0n) is 13.6. The number of β-amino-alcohol motifs (C(OH)–C–C–N with tert-alkyl or cyclic N) is 1. The molecule has 0 bridgehead atoms. The molecular weight excluding hydrogens is 294 g/mol. The van der Waals surface area contributed by atoms with Gasteiger partial charge in [-0.15, -0.1) is 0 Å². The molecule has 3 rings (SSSR count). The second-order valence-corrected chi connectivity index (χ2v) is 5.84. The van der Waals surface area contributed by atoms with E-state index in [-0.39, 0.29) is 0 Å². The van der Waals surface area contributed by atoms with Crippen molar-refractivity contribution in [3.63, 3.8) is 0 Å². The van der Waals surface area contributed by atoms with Gasteiger partial charge in [0.25, 0.3) is 0 Å². The maximum absolute atomic E-state index is 10.3. The van der Waals surface area contributed by atoms with Gasteiger partial charge >= 0.3 is 0 Å². The van der Waals surface area contributed by atoms with Crippen LogP contribution in [-0.4, -0.2) is 53.2 Å². The van der Waals surface area contributed by atoms with Gasteiger partial charge in [0.2, 0.25) is 0 Å². The molecule has 0 amide bonds. The van der Waals surface area contributed by atoms with E-state index in [9.17, 15) is 5.11 Å². The fourth-order valence-corrected chi connectivity index (χ4v) is 3.08. The number of benzene rings is 1. The Morgan fingerprint density at radius 1 is 1.17 bits per heavy atom. The van der Waals surface area contributed by atoms with E-state index in [4.69, 9.17) is 9.47 Å². The lowest BCUT2D eigenvalue weighted by Crippen LogP contribution is -2.38. The Hall–Kier alpha value is -2.05. The van der Waals surface area contributed by atoms with Crippen molar-refractivity contribution in [2.75, 3.05) is 27.3 Å². The van der Waals surface area contributed by atoms with Crippen LogP contribution in [0.4, 0.5) is 0 Å². The van der Waals surface area contributed by atoms with Gasteiger partial charge in [-0.25, -0.2) is 0 Å². The number of fused-ring (bicyclic) bond motifs is 1. The summed E-state index contributed by atoms with van der Waals surface area (Å²) in [5.74, 6) is 1.53. The van der Waals surface area contributed by atoms with Crippen LogP contribution in [0.25, 0.3) is 0 Å². The first-order valence-corrected chi connectivity index (χ1v) is 7.81. The van der Waals surface area contributed by atoms with E-state index in [1.165, 1.54) is 11.1 Å². The zero-order chi connectivity index (χ0) is 16.2. The number of aliphatic hydroxyl groups is 1. The number of methoxy groups -OCH3 is 2. The van der Waals surface area contributed by atoms with E-state index in [0.717, 1.165) is 31.0 Å². The van der Waals surface area contributed by atoms with E-state index in [0.29, 0.717) is 13.1 Å². The van der Waals surface area contributed by atoms with Crippen molar-refractivity contribution in [2.24, 2.45) is 0 Å². The summed E-state index contributed by atoms with van der Waals surface area (Å²) in [7, 11) is 3.31. The Balaban J connectivity index is 1.65. The lowest BCUT2D eigenvalue weighted by atomic mass is 9.98. The molecule has 1 aliphatic rings. The molecule has 1 aromatic heterocycles. The Morgan fingerprint density at radius 3 is 2.57 bits per heavy atom. The van der Waals surface area contributed by atoms with Gasteiger partial charge in [0, 0.05) is 32.0 Å². The first-order chi connectivity index (χ1) is 11.2. The average molecular weight is 317 g/mol. The van der Waals surface area contributed by atoms with Crippen LogP contribution in [0.15, 0.2) is 30.6 Å². The van der Waals surface area contributed by atoms with Crippen molar-refractivity contribution >= 4 is 0 Å². The highest BCUT2D eigenvalue weighted by atomic mass is 16.5. The molecule has 1 unspecified atom stereocenters. The summed E-state index contributed by atoms with van der Waals surface area (Å²) in [6, 6.07) is 5.97. The summed E-state index contributed by atoms with van der Waals surface area (Å²) in [5, 5.41) is 14.4. The molecule has 0 radical (unpaired) electrons. The van der Waals surface area contributed by atoms with Crippen LogP contribution in [0.1, 0.15) is 11.1 Å². The summed E-state index contributed by atoms with van der Waals surface area (Å²) in [6.07, 6.45) is 4.11. The second-order valence-electron chi connectivity index (χ2n) is 5.84. The third-order valence-corrected chi connectivity index (χ3v) is 4.22. The van der Waals surface area contributed by atoms with Crippen LogP contribution in [0, 0.1) is 0 Å². The fraction of sp³-hybridized carbons (Fsp3) is 0.471. The van der Waals surface area contributed by atoms with E-state index in [1.807, 2.05) is 18.3 Å². The molecule has 0 aliphatic carbocycles. The van der Waals surface area contributed by atoms with Crippen molar-refractivity contribution < 1.29 is 14.6 Å². The number of hydrogen-bond acceptors (Lipinski definition) is 5. The van der Waals surface area contributed by atoms with Crippen molar-refractivity contribution in [1.82, 2.24) is 14.7 Å². The number of aromatic nitrogens is 2. The maximum Gasteiger partial charge on any atom is 0.161 e. The van der Waals surface area contributed by atoms with Gasteiger partial charge in [-0.1, -0.05) is 0 Å². The number of rotatable bonds is 6. The maximum atomic E-state index is 10.3. The Bertz CT molecular complexity index is 643. The van der Waals surface area contributed by atoms with E-state index in [2.05, 4.69) is 16.1 Å². The minimum Gasteiger partial charge on any atom is -0.493 e. The van der Waals surface area contributed by atoms with Crippen molar-refractivity contribution in [3.8, 4) is 11.5 Å². The molecule has 23 heavy (non-hydrogen) atoms. The molecule has 1 aliphatic heterocycles. The number of hydrogen-bond donors (Lipinski definition) is 1. The topological polar surface area (TPSA) is 59.8 Å². The van der Waals surface area contributed by atoms with Crippen LogP contribution in [0.2, 0.25) is 0 Å². The molecule has 1 aromatic carbocycles. The predicted octanol–water partition coefficient (Wildman–Crippen LogP) is 1.32. The van der Waals surface area contributed by atoms with Crippen LogP contribution in [0.3, 0.4) is 0 Å². The third-order valence-electron chi connectivity index (χ3n) is 4.22. The normalized spacial score (nSPS) is 16.0. The molecule has 0 saturated heterocycles. The van der Waals surface area contributed by atoms with E-state index in [1.54, 1.807) is 25.1 Å². The standard InChI is InChI=1S/C17H23N3O3/c1-22-16-8-13-4-7-19(10-14(13)9-17(16)23-2)11-15(21)12-20-6-3-5-18-20/h3,5-6,8-9,15,21H,4,7,10-12H2,1-2H3. The summed E-state index contributed by atoms with van der Waals surface area (Å²) in [6.45, 7) is 2.89. The molecule has 6 nitrogen and oxygen atoms in total. The molecule has 2 heterocycles. The fourth-order valence-electron chi connectivity index (χ4n) is 3.08. The quantitative estimate of drug-likeness (QED) is 0.871. The average Bonchev–Trinajstić information content (AvgIpc) is 3.06. The van der Waals surface area contributed by atoms with E-state index < -0.39 is 6.10 Å². The van der Waals surface area contributed by atoms with Crippen molar-refractivity contribution in [2.45, 2.75) is 25.6 Å². The lowest BCUT2D eigenvalue weighted by Gasteiger charge is -2.31. The Morgan fingerprint density at radius 2 is 1.91 bits per heavy atom. The van der Waals surface area contributed by atoms with Gasteiger partial charge in [0.05, 0.1) is 26.9 Å². The molecule has 0 saturated carbocycles. The van der Waals surface area contributed by atoms with Crippen molar-refractivity contribution in [3.05, 3.63) is 41.7 Å². The minimum atomic E-state index is -0.434. The van der Waals surface area contributed by atoms with Gasteiger partial charge in [0.1, 0.15) is 0 Å². The number of aliphatic hydroxyl groups excluding tert-OH is 1. The van der Waals surface area contributed by atoms with Crippen molar-refractivity contribution in [1.29, 1.82) is 0 Å². The largest absolute Gasteiger partial charge is 0.493 e. The smallest absolute Gasteiger partial charge is 0.161 e. The zero-order valence-corrected chi connectivity index (χ0v) is 13.6. The summed E-state index contributed by atoms with van der Waals surface area (Å²) >= 11 is 0. The van der Waals surface area contributed by atoms with Gasteiger partial charge in [-0.2, -0.15) is 5.10 Å². The number of nitrogens with zero attached hydrogens (tertiary/aromatic N) is 3. The lowest BCUT2D eigenvalue weighted by molar-refractivity contribution is 0.0888. The minimum absolute atomic E-state index is 0.434. The highest BCUT2D eigenvalue weighted by Crippen LogP contribution is 2.33. The first kappa shape index (κ1) is 15.8. The highest BCUT2D eigenvalue weighted by molar-refractivity contribution is 5.48. The number of ether oxygens (including phenoxy) is 2. The van der Waals surface area contributed by atoms with E-state index >= 15 is 0 Å². The molecule has 2 aromatic rings. The van der Waals surface area contributed by atoms with Crippen LogP contribution in [0.5, 0.6) is 11.5 Å². The second kappa shape index (κ2) is 7.02. The summed E-state index contributed by atoms with van der Waals surface area (Å²) in [4.78, 5) is 2.27. The molecule has 1 N–H and O–H groups in total. The summed E-state index contributed by atoms with van der Waals surface area (Å²) in [5.41, 5.74) is 2.53. The van der Waals surface area contributed by atoms with Gasteiger partial charge in [0.15, 0.2) is 11.5 Å². The highest BCUT2D eigenvalue weighted by Gasteiger charge is 2.21. The molecule has 0 fully saturated rings. The Kier molecular flexibility index (Phi) is 4.83. The molecule has 124 valence electrons. The molecule has 6 heteroatoms. The molecule has 0 spiro atoms. The third kappa shape index (κ3) is 3.65. The van der Waals surface area contributed by atoms with Crippen LogP contribution in [-0.2, 0) is 19.5 Å².